The molecule has 0 aliphatic heterocycles. The van der Waals surface area contributed by atoms with Crippen molar-refractivity contribution in [2.24, 2.45) is 0 Å². The average molecular weight is 507 g/mol. The van der Waals surface area contributed by atoms with Crippen LogP contribution in [-0.2, 0) is 13.7 Å². The van der Waals surface area contributed by atoms with Gasteiger partial charge in [-0.2, -0.15) is 8.42 Å². The first kappa shape index (κ1) is 25.0. The van der Waals surface area contributed by atoms with Crippen LogP contribution in [0.1, 0.15) is 26.3 Å². The fourth-order valence-corrected chi connectivity index (χ4v) is 8.95. The standard InChI is InChI=1S/C29H30O4S2/c1-23-18-20-27(21-19-23)35(30,31)33-34(25-13-7-5-8-14-25,26-15-9-6-10-16-26)28-17-11-12-24(22-28)32-29(2,3)4/h5-22H,1-4H3. The molecule has 4 rings (SSSR count). The van der Waals surface area contributed by atoms with E-state index in [9.17, 15) is 8.42 Å². The summed E-state index contributed by atoms with van der Waals surface area (Å²) < 4.78 is 40.1. The predicted molar refractivity (Wildman–Crippen MR) is 142 cm³/mol. The molecule has 4 nitrogen and oxygen atoms in total. The number of hydrogen-bond acceptors (Lipinski definition) is 4. The molecule has 182 valence electrons. The van der Waals surface area contributed by atoms with E-state index in [0.717, 1.165) is 20.2 Å². The molecule has 4 aromatic rings. The van der Waals surface area contributed by atoms with Crippen LogP contribution in [0.3, 0.4) is 0 Å². The molecule has 0 amide bonds. The van der Waals surface area contributed by atoms with E-state index in [1.807, 2.05) is 113 Å². The molecule has 0 spiro atoms. The summed E-state index contributed by atoms with van der Waals surface area (Å²) >= 11 is 0. The summed E-state index contributed by atoms with van der Waals surface area (Å²) in [5.41, 5.74) is 0.561. The normalized spacial score (nSPS) is 12.8. The fourth-order valence-electron chi connectivity index (χ4n) is 3.70. The van der Waals surface area contributed by atoms with E-state index in [1.165, 1.54) is 0 Å². The van der Waals surface area contributed by atoms with E-state index in [1.54, 1.807) is 24.3 Å². The van der Waals surface area contributed by atoms with Gasteiger partial charge in [-0.05, 0) is 92.6 Å². The Hall–Kier alpha value is -3.06. The largest absolute Gasteiger partial charge is 0.488 e. The highest BCUT2D eigenvalue weighted by molar-refractivity contribution is 8.33. The van der Waals surface area contributed by atoms with Crippen molar-refractivity contribution >= 4 is 20.4 Å². The minimum absolute atomic E-state index is 0.119. The Labute approximate surface area is 210 Å². The SMILES string of the molecule is Cc1ccc(S(=O)(=O)OS(c2ccccc2)(c2ccccc2)c2cccc(OC(C)(C)C)c2)cc1. The molecule has 0 aliphatic carbocycles. The Morgan fingerprint density at radius 2 is 1.11 bits per heavy atom. The van der Waals surface area contributed by atoms with Crippen molar-refractivity contribution in [3.05, 3.63) is 115 Å². The molecule has 0 atom stereocenters. The maximum atomic E-state index is 13.8. The molecule has 0 saturated heterocycles. The van der Waals surface area contributed by atoms with Gasteiger partial charge in [-0.15, -0.1) is 0 Å². The zero-order valence-electron chi connectivity index (χ0n) is 20.3. The molecule has 0 radical (unpaired) electrons. The zero-order valence-corrected chi connectivity index (χ0v) is 22.0. The lowest BCUT2D eigenvalue weighted by molar-refractivity contribution is 0.130. The average Bonchev–Trinajstić information content (AvgIpc) is 2.83. The lowest BCUT2D eigenvalue weighted by Crippen LogP contribution is -2.23. The van der Waals surface area contributed by atoms with Crippen LogP contribution in [0, 0.1) is 6.92 Å². The highest BCUT2D eigenvalue weighted by atomic mass is 32.3. The van der Waals surface area contributed by atoms with Crippen LogP contribution in [0.5, 0.6) is 5.75 Å². The number of rotatable bonds is 7. The minimum atomic E-state index is -4.13. The Bertz CT molecular complexity index is 1340. The van der Waals surface area contributed by atoms with Crippen LogP contribution in [0.4, 0.5) is 0 Å². The summed E-state index contributed by atoms with van der Waals surface area (Å²) in [6.07, 6.45) is 0. The fraction of sp³-hybridized carbons (Fsp3) is 0.172. The molecule has 0 heterocycles. The molecule has 4 aromatic carbocycles. The van der Waals surface area contributed by atoms with Gasteiger partial charge in [0.1, 0.15) is 11.4 Å². The first-order valence-corrected chi connectivity index (χ1v) is 14.3. The van der Waals surface area contributed by atoms with E-state index in [-0.39, 0.29) is 4.90 Å². The maximum Gasteiger partial charge on any atom is 0.307 e. The topological polar surface area (TPSA) is 52.6 Å². The van der Waals surface area contributed by atoms with Crippen LogP contribution in [0.25, 0.3) is 0 Å². The second-order valence-corrected chi connectivity index (χ2v) is 13.7. The molecule has 0 aliphatic rings. The molecular formula is C29H30O4S2. The van der Waals surface area contributed by atoms with Crippen LogP contribution < -0.4 is 4.74 Å². The first-order chi connectivity index (χ1) is 16.6. The van der Waals surface area contributed by atoms with Gasteiger partial charge in [-0.1, -0.05) is 60.2 Å². The summed E-state index contributed by atoms with van der Waals surface area (Å²) in [5.74, 6) is 0.648. The molecule has 0 N–H and O–H groups in total. The minimum Gasteiger partial charge on any atom is -0.488 e. The van der Waals surface area contributed by atoms with Gasteiger partial charge in [0, 0.05) is 14.7 Å². The van der Waals surface area contributed by atoms with E-state index < -0.39 is 26.0 Å². The Morgan fingerprint density at radius 3 is 1.63 bits per heavy atom. The maximum absolute atomic E-state index is 13.8. The summed E-state index contributed by atoms with van der Waals surface area (Å²) in [5, 5.41) is 0. The van der Waals surface area contributed by atoms with E-state index in [2.05, 4.69) is 0 Å². The van der Waals surface area contributed by atoms with Crippen molar-refractivity contribution in [2.75, 3.05) is 0 Å². The third-order valence-corrected chi connectivity index (χ3v) is 10.4. The van der Waals surface area contributed by atoms with Crippen molar-refractivity contribution < 1.29 is 16.8 Å². The summed E-state index contributed by atoms with van der Waals surface area (Å²) in [7, 11) is -6.83. The molecule has 6 heteroatoms. The molecule has 0 aromatic heterocycles. The smallest absolute Gasteiger partial charge is 0.307 e. The predicted octanol–water partition coefficient (Wildman–Crippen LogP) is 7.77. The van der Waals surface area contributed by atoms with Gasteiger partial charge in [0.15, 0.2) is 0 Å². The van der Waals surface area contributed by atoms with E-state index in [0.29, 0.717) is 5.75 Å². The molecular weight excluding hydrogens is 476 g/mol. The first-order valence-electron chi connectivity index (χ1n) is 11.4. The van der Waals surface area contributed by atoms with Crippen LogP contribution >= 0.6 is 10.3 Å². The van der Waals surface area contributed by atoms with Crippen molar-refractivity contribution in [3.63, 3.8) is 0 Å². The van der Waals surface area contributed by atoms with Gasteiger partial charge in [-0.25, -0.2) is 3.63 Å². The summed E-state index contributed by atoms with van der Waals surface area (Å²) in [6.45, 7) is 7.85. The van der Waals surface area contributed by atoms with Gasteiger partial charge in [0.25, 0.3) is 0 Å². The molecule has 35 heavy (non-hydrogen) atoms. The van der Waals surface area contributed by atoms with Gasteiger partial charge in [-0.3, -0.25) is 0 Å². The zero-order chi connectivity index (χ0) is 25.1. The third kappa shape index (κ3) is 5.61. The van der Waals surface area contributed by atoms with E-state index in [4.69, 9.17) is 8.37 Å². The highest BCUT2D eigenvalue weighted by Gasteiger charge is 2.38. The van der Waals surface area contributed by atoms with Crippen molar-refractivity contribution in [2.45, 2.75) is 52.9 Å². The molecule has 0 fully saturated rings. The number of hydrogen-bond donors (Lipinski definition) is 0. The van der Waals surface area contributed by atoms with Gasteiger partial charge >= 0.3 is 10.1 Å². The number of benzene rings is 4. The number of ether oxygens (including phenoxy) is 1. The third-order valence-electron chi connectivity index (χ3n) is 5.21. The monoisotopic (exact) mass is 506 g/mol. The van der Waals surface area contributed by atoms with Gasteiger partial charge < -0.3 is 4.74 Å². The molecule has 0 bridgehead atoms. The van der Waals surface area contributed by atoms with Crippen molar-refractivity contribution in [1.29, 1.82) is 0 Å². The van der Waals surface area contributed by atoms with Crippen molar-refractivity contribution in [3.8, 4) is 5.75 Å². The molecule has 0 unspecified atom stereocenters. The highest BCUT2D eigenvalue weighted by Crippen LogP contribution is 2.70. The Balaban J connectivity index is 1.99. The molecule has 0 saturated carbocycles. The second kappa shape index (κ2) is 9.90. The summed E-state index contributed by atoms with van der Waals surface area (Å²) in [4.78, 5) is 2.39. The van der Waals surface area contributed by atoms with Gasteiger partial charge in [0.05, 0.1) is 4.90 Å². The van der Waals surface area contributed by atoms with Crippen LogP contribution in [-0.4, -0.2) is 14.0 Å². The number of aryl methyl sites for hydroxylation is 1. The van der Waals surface area contributed by atoms with Crippen LogP contribution in [0.15, 0.2) is 129 Å². The van der Waals surface area contributed by atoms with E-state index >= 15 is 0 Å². The Kier molecular flexibility index (Phi) is 7.08. The lowest BCUT2D eigenvalue weighted by atomic mass is 10.2. The summed E-state index contributed by atoms with van der Waals surface area (Å²) in [6, 6.07) is 33.4. The lowest BCUT2D eigenvalue weighted by Gasteiger charge is -2.39. The van der Waals surface area contributed by atoms with Crippen LogP contribution in [0.2, 0.25) is 0 Å². The Morgan fingerprint density at radius 1 is 0.600 bits per heavy atom. The van der Waals surface area contributed by atoms with Gasteiger partial charge in [0.2, 0.25) is 0 Å². The quantitative estimate of drug-likeness (QED) is 0.257. The van der Waals surface area contributed by atoms with Crippen molar-refractivity contribution in [1.82, 2.24) is 0 Å². The second-order valence-electron chi connectivity index (χ2n) is 9.21.